The van der Waals surface area contributed by atoms with E-state index in [1.807, 2.05) is 0 Å². The topological polar surface area (TPSA) is 71.4 Å². The molecule has 0 radical (unpaired) electrons. The lowest BCUT2D eigenvalue weighted by molar-refractivity contribution is 0.501. The number of rotatable bonds is 4. The van der Waals surface area contributed by atoms with Gasteiger partial charge in [0.1, 0.15) is 0 Å². The second kappa shape index (κ2) is 4.75. The molecular formula is C9H11O4PS. The maximum atomic E-state index is 11.8. The van der Waals surface area contributed by atoms with Gasteiger partial charge in [0.15, 0.2) is 14.8 Å². The Balaban J connectivity index is 3.24. The van der Waals surface area contributed by atoms with Crippen LogP contribution in [0.2, 0.25) is 0 Å². The van der Waals surface area contributed by atoms with Crippen LogP contribution >= 0.6 is 8.03 Å². The van der Waals surface area contributed by atoms with Gasteiger partial charge in [-0.05, 0) is 12.1 Å². The summed E-state index contributed by atoms with van der Waals surface area (Å²) in [4.78, 5) is 7.52. The van der Waals surface area contributed by atoms with Crippen molar-refractivity contribution in [3.05, 3.63) is 43.0 Å². The summed E-state index contributed by atoms with van der Waals surface area (Å²) in [6.45, 7) is 3.26. The van der Waals surface area contributed by atoms with Gasteiger partial charge in [-0.25, -0.2) is 8.42 Å². The molecule has 1 aromatic carbocycles. The molecule has 0 heterocycles. The fourth-order valence-corrected chi connectivity index (χ4v) is 3.87. The monoisotopic (exact) mass is 246 g/mol. The van der Waals surface area contributed by atoms with Gasteiger partial charge in [0.25, 0.3) is 0 Å². The number of benzene rings is 1. The van der Waals surface area contributed by atoms with Crippen molar-refractivity contribution in [1.29, 1.82) is 0 Å². The fourth-order valence-electron chi connectivity index (χ4n) is 1.12. The predicted molar refractivity (Wildman–Crippen MR) is 58.8 cm³/mol. The highest BCUT2D eigenvalue weighted by atomic mass is 32.2. The van der Waals surface area contributed by atoms with Crippen molar-refractivity contribution in [3.8, 4) is 0 Å². The minimum absolute atomic E-state index is 0.0299. The third kappa shape index (κ3) is 2.56. The molecular weight excluding hydrogens is 235 g/mol. The smallest absolute Gasteiger partial charge is 0.210 e. The van der Waals surface area contributed by atoms with Crippen molar-refractivity contribution in [2.75, 3.05) is 0 Å². The molecule has 0 bridgehead atoms. The summed E-state index contributed by atoms with van der Waals surface area (Å²) in [5.41, 5.74) is 0. The summed E-state index contributed by atoms with van der Waals surface area (Å²) < 4.78 is 34.5. The van der Waals surface area contributed by atoms with Crippen molar-refractivity contribution < 1.29 is 17.9 Å². The highest BCUT2D eigenvalue weighted by Gasteiger charge is 2.28. The summed E-state index contributed by atoms with van der Waals surface area (Å²) >= 11 is 0. The number of hydrogen-bond donors (Lipinski definition) is 1. The second-order valence-electron chi connectivity index (χ2n) is 2.85. The van der Waals surface area contributed by atoms with Gasteiger partial charge in [-0.1, -0.05) is 24.3 Å². The van der Waals surface area contributed by atoms with Crippen LogP contribution in [0.5, 0.6) is 0 Å². The van der Waals surface area contributed by atoms with E-state index in [-0.39, 0.29) is 4.90 Å². The Morgan fingerprint density at radius 2 is 1.87 bits per heavy atom. The Kier molecular flexibility index (Phi) is 3.85. The minimum atomic E-state index is -3.79. The van der Waals surface area contributed by atoms with E-state index in [1.165, 1.54) is 12.1 Å². The van der Waals surface area contributed by atoms with Gasteiger partial charge in [0.2, 0.25) is 8.03 Å². The van der Waals surface area contributed by atoms with Crippen molar-refractivity contribution in [3.63, 3.8) is 0 Å². The summed E-state index contributed by atoms with van der Waals surface area (Å²) in [7, 11) is -6.97. The lowest BCUT2D eigenvalue weighted by Gasteiger charge is -2.09. The quantitative estimate of drug-likeness (QED) is 0.644. The molecule has 2 atom stereocenters. The molecule has 4 nitrogen and oxygen atoms in total. The molecule has 0 fully saturated rings. The first-order valence-electron chi connectivity index (χ1n) is 4.14. The molecule has 0 aliphatic rings. The van der Waals surface area contributed by atoms with Gasteiger partial charge in [-0.15, -0.1) is 6.58 Å². The Bertz CT molecular complexity index is 466. The molecule has 6 heteroatoms. The van der Waals surface area contributed by atoms with E-state index in [1.54, 1.807) is 18.2 Å². The standard InChI is InChI=1S/C9H11O4PS/c1-2-9(14(10)11)15(12,13)8-6-4-3-5-7-8/h2-7,9,14H,1H2,(H,10,11). The van der Waals surface area contributed by atoms with E-state index in [0.717, 1.165) is 6.08 Å². The van der Waals surface area contributed by atoms with E-state index in [2.05, 4.69) is 6.58 Å². The molecule has 0 aromatic heterocycles. The molecule has 1 aromatic rings. The molecule has 82 valence electrons. The van der Waals surface area contributed by atoms with Crippen LogP contribution in [0.3, 0.4) is 0 Å². The number of hydrogen-bond acceptors (Lipinski definition) is 3. The summed E-state index contributed by atoms with van der Waals surface area (Å²) in [6, 6.07) is 7.56. The minimum Gasteiger partial charge on any atom is -0.345 e. The van der Waals surface area contributed by atoms with Crippen LogP contribution in [0.4, 0.5) is 0 Å². The van der Waals surface area contributed by atoms with Crippen LogP contribution in [0.25, 0.3) is 0 Å². The van der Waals surface area contributed by atoms with Gasteiger partial charge >= 0.3 is 0 Å². The van der Waals surface area contributed by atoms with Crippen molar-refractivity contribution in [2.24, 2.45) is 0 Å². The lowest BCUT2D eigenvalue weighted by Crippen LogP contribution is -2.15. The highest BCUT2D eigenvalue weighted by Crippen LogP contribution is 2.32. The normalized spacial score (nSPS) is 15.5. The van der Waals surface area contributed by atoms with Crippen LogP contribution in [-0.2, 0) is 14.4 Å². The predicted octanol–water partition coefficient (Wildman–Crippen LogP) is 1.44. The Morgan fingerprint density at radius 3 is 2.27 bits per heavy atom. The third-order valence-electron chi connectivity index (χ3n) is 1.86. The molecule has 1 rings (SSSR count). The van der Waals surface area contributed by atoms with E-state index in [4.69, 9.17) is 4.89 Å². The summed E-state index contributed by atoms with van der Waals surface area (Å²) in [6.07, 6.45) is 0.990. The first-order chi connectivity index (χ1) is 7.00. The van der Waals surface area contributed by atoms with Crippen LogP contribution in [0, 0.1) is 0 Å². The molecule has 0 saturated carbocycles. The van der Waals surface area contributed by atoms with Crippen LogP contribution < -0.4 is 0 Å². The zero-order valence-electron chi connectivity index (χ0n) is 7.83. The molecule has 1 N–H and O–H groups in total. The Morgan fingerprint density at radius 1 is 1.33 bits per heavy atom. The van der Waals surface area contributed by atoms with Crippen molar-refractivity contribution in [1.82, 2.24) is 0 Å². The SMILES string of the molecule is C=CC([PH](=O)O)S(=O)(=O)c1ccccc1. The van der Waals surface area contributed by atoms with Crippen LogP contribution in [0.15, 0.2) is 47.9 Å². The van der Waals surface area contributed by atoms with Crippen molar-refractivity contribution >= 4 is 17.9 Å². The van der Waals surface area contributed by atoms with E-state index >= 15 is 0 Å². The molecule has 15 heavy (non-hydrogen) atoms. The third-order valence-corrected chi connectivity index (χ3v) is 5.91. The van der Waals surface area contributed by atoms with Crippen LogP contribution in [0.1, 0.15) is 0 Å². The lowest BCUT2D eigenvalue weighted by atomic mass is 10.4. The average Bonchev–Trinajstić information content (AvgIpc) is 2.19. The Hall–Kier alpha value is -0.900. The molecule has 0 saturated heterocycles. The molecule has 2 unspecified atom stereocenters. The highest BCUT2D eigenvalue weighted by molar-refractivity contribution is 7.97. The number of sulfone groups is 1. The molecule has 0 aliphatic heterocycles. The van der Waals surface area contributed by atoms with Gasteiger partial charge < -0.3 is 4.89 Å². The van der Waals surface area contributed by atoms with Gasteiger partial charge in [-0.2, -0.15) is 0 Å². The van der Waals surface area contributed by atoms with E-state index in [0.29, 0.717) is 0 Å². The van der Waals surface area contributed by atoms with Gasteiger partial charge in [-0.3, -0.25) is 4.57 Å². The van der Waals surface area contributed by atoms with E-state index in [9.17, 15) is 13.0 Å². The zero-order valence-corrected chi connectivity index (χ0v) is 9.65. The Labute approximate surface area is 89.0 Å². The first-order valence-corrected chi connectivity index (χ1v) is 7.12. The van der Waals surface area contributed by atoms with Gasteiger partial charge in [0.05, 0.1) is 4.90 Å². The fraction of sp³-hybridized carbons (Fsp3) is 0.111. The summed E-state index contributed by atoms with van der Waals surface area (Å²) in [5.74, 6) is 0. The maximum absolute atomic E-state index is 11.8. The van der Waals surface area contributed by atoms with E-state index < -0.39 is 22.9 Å². The van der Waals surface area contributed by atoms with Gasteiger partial charge in [0, 0.05) is 0 Å². The molecule has 0 aliphatic carbocycles. The largest absolute Gasteiger partial charge is 0.345 e. The van der Waals surface area contributed by atoms with Crippen molar-refractivity contribution in [2.45, 2.75) is 9.89 Å². The molecule has 0 spiro atoms. The average molecular weight is 246 g/mol. The summed E-state index contributed by atoms with van der Waals surface area (Å²) in [5, 5.41) is 0. The second-order valence-corrected chi connectivity index (χ2v) is 6.64. The van der Waals surface area contributed by atoms with Crippen LogP contribution in [-0.4, -0.2) is 18.3 Å². The molecule has 0 amide bonds. The maximum Gasteiger partial charge on any atom is 0.210 e. The zero-order chi connectivity index (χ0) is 11.5. The first kappa shape index (κ1) is 12.2.